The van der Waals surface area contributed by atoms with Crippen LogP contribution in [0.2, 0.25) is 0 Å². The second kappa shape index (κ2) is 7.63. The summed E-state index contributed by atoms with van der Waals surface area (Å²) in [6.45, 7) is 4.05. The average Bonchev–Trinajstić information content (AvgIpc) is 3.15. The van der Waals surface area contributed by atoms with Gasteiger partial charge in [-0.15, -0.1) is 22.7 Å². The van der Waals surface area contributed by atoms with Crippen LogP contribution in [0.25, 0.3) is 10.2 Å². The first-order valence-corrected chi connectivity index (χ1v) is 11.7. The smallest absolute Gasteiger partial charge is 0.262 e. The molecule has 144 valence electrons. The van der Waals surface area contributed by atoms with Crippen molar-refractivity contribution < 1.29 is 13.2 Å². The average molecular weight is 426 g/mol. The van der Waals surface area contributed by atoms with E-state index in [0.29, 0.717) is 21.5 Å². The number of fused-ring (bicyclic) bond motifs is 1. The van der Waals surface area contributed by atoms with Crippen LogP contribution in [0, 0.1) is 13.8 Å². The van der Waals surface area contributed by atoms with Gasteiger partial charge >= 0.3 is 0 Å². The third kappa shape index (κ3) is 4.52. The molecule has 0 spiro atoms. The molecule has 0 unspecified atom stereocenters. The van der Waals surface area contributed by atoms with Gasteiger partial charge in [0.25, 0.3) is 5.56 Å². The largest absolute Gasteiger partial charge is 0.291 e. The van der Waals surface area contributed by atoms with Crippen LogP contribution in [0.4, 0.5) is 0 Å². The first kappa shape index (κ1) is 19.9. The van der Waals surface area contributed by atoms with Crippen LogP contribution in [0.15, 0.2) is 23.3 Å². The van der Waals surface area contributed by atoms with E-state index in [2.05, 4.69) is 9.71 Å². The Kier molecular flexibility index (Phi) is 5.61. The van der Waals surface area contributed by atoms with Crippen LogP contribution in [0.1, 0.15) is 25.0 Å². The van der Waals surface area contributed by atoms with Crippen molar-refractivity contribution in [2.75, 3.05) is 12.8 Å². The summed E-state index contributed by atoms with van der Waals surface area (Å²) in [5.41, 5.74) is 0.704. The Morgan fingerprint density at radius 3 is 2.70 bits per heavy atom. The third-order valence-electron chi connectivity index (χ3n) is 4.14. The molecule has 0 amide bonds. The highest BCUT2D eigenvalue weighted by Crippen LogP contribution is 2.25. The van der Waals surface area contributed by atoms with Crippen molar-refractivity contribution in [3.8, 4) is 0 Å². The molecule has 3 heterocycles. The van der Waals surface area contributed by atoms with Crippen molar-refractivity contribution in [1.82, 2.24) is 14.3 Å². The van der Waals surface area contributed by atoms with Gasteiger partial charge in [-0.25, -0.2) is 18.1 Å². The van der Waals surface area contributed by atoms with Crippen LogP contribution in [-0.4, -0.2) is 36.6 Å². The summed E-state index contributed by atoms with van der Waals surface area (Å²) in [6, 6.07) is 3.51. The number of sulfonamides is 1. The first-order chi connectivity index (χ1) is 12.7. The molecule has 3 aromatic heterocycles. The number of thiophene rings is 2. The lowest BCUT2D eigenvalue weighted by molar-refractivity contribution is 0.0974. The molecule has 0 aromatic carbocycles. The number of ketones is 1. The van der Waals surface area contributed by atoms with Crippen LogP contribution in [0.3, 0.4) is 0 Å². The first-order valence-electron chi connectivity index (χ1n) is 8.17. The van der Waals surface area contributed by atoms with E-state index in [-0.39, 0.29) is 24.4 Å². The minimum atomic E-state index is -3.23. The predicted molar refractivity (Wildman–Crippen MR) is 109 cm³/mol. The number of Topliss-reactive ketones (excluding diaryl/α,β-unsaturated/α-hetero) is 1. The number of nitrogens with one attached hydrogen (secondary N) is 1. The summed E-state index contributed by atoms with van der Waals surface area (Å²) in [6.07, 6.45) is 3.03. The summed E-state index contributed by atoms with van der Waals surface area (Å²) in [4.78, 5) is 32.7. The number of carbonyl (C=O) groups is 1. The zero-order valence-electron chi connectivity index (χ0n) is 15.1. The molecule has 1 N–H and O–H groups in total. The maximum Gasteiger partial charge on any atom is 0.262 e. The van der Waals surface area contributed by atoms with Gasteiger partial charge in [0.15, 0.2) is 5.78 Å². The summed E-state index contributed by atoms with van der Waals surface area (Å²) < 4.78 is 25.9. The number of hydrogen-bond acceptors (Lipinski definition) is 7. The molecule has 27 heavy (non-hydrogen) atoms. The minimum Gasteiger partial charge on any atom is -0.291 e. The molecule has 0 bridgehead atoms. The van der Waals surface area contributed by atoms with Crippen molar-refractivity contribution in [3.63, 3.8) is 0 Å². The Bertz CT molecular complexity index is 1170. The maximum atomic E-state index is 12.7. The van der Waals surface area contributed by atoms with E-state index in [1.165, 1.54) is 33.6 Å². The molecule has 3 aromatic rings. The number of nitrogens with zero attached hydrogens (tertiary/aromatic N) is 2. The monoisotopic (exact) mass is 425 g/mol. The minimum absolute atomic E-state index is 0.0718. The number of hydrogen-bond donors (Lipinski definition) is 1. The highest BCUT2D eigenvalue weighted by Gasteiger charge is 2.15. The van der Waals surface area contributed by atoms with Crippen molar-refractivity contribution >= 4 is 48.7 Å². The van der Waals surface area contributed by atoms with Crippen molar-refractivity contribution in [2.24, 2.45) is 0 Å². The molecule has 0 aliphatic heterocycles. The summed E-state index contributed by atoms with van der Waals surface area (Å²) in [5, 5.41) is 0.575. The van der Waals surface area contributed by atoms with E-state index in [0.717, 1.165) is 21.6 Å². The Balaban J connectivity index is 1.74. The van der Waals surface area contributed by atoms with Crippen LogP contribution >= 0.6 is 22.7 Å². The fraction of sp³-hybridized carbons (Fsp3) is 0.353. The summed E-state index contributed by atoms with van der Waals surface area (Å²) in [7, 11) is -3.23. The lowest BCUT2D eigenvalue weighted by Gasteiger charge is -2.04. The van der Waals surface area contributed by atoms with Crippen LogP contribution < -0.4 is 10.3 Å². The normalized spacial score (nSPS) is 12.0. The van der Waals surface area contributed by atoms with E-state index >= 15 is 0 Å². The lowest BCUT2D eigenvalue weighted by atomic mass is 10.2. The molecule has 0 radical (unpaired) electrons. The Morgan fingerprint density at radius 1 is 1.26 bits per heavy atom. The van der Waals surface area contributed by atoms with Crippen molar-refractivity contribution in [3.05, 3.63) is 49.0 Å². The fourth-order valence-electron chi connectivity index (χ4n) is 2.64. The molecule has 3 rings (SSSR count). The second-order valence-corrected chi connectivity index (χ2v) is 10.5. The number of aromatic nitrogens is 2. The molecule has 0 saturated heterocycles. The third-order valence-corrected chi connectivity index (χ3v) is 7.17. The van der Waals surface area contributed by atoms with Gasteiger partial charge in [0.1, 0.15) is 4.83 Å². The van der Waals surface area contributed by atoms with Crippen LogP contribution in [0.5, 0.6) is 0 Å². The zero-order valence-corrected chi connectivity index (χ0v) is 17.6. The quantitative estimate of drug-likeness (QED) is 0.585. The second-order valence-electron chi connectivity index (χ2n) is 6.25. The van der Waals surface area contributed by atoms with Gasteiger partial charge in [0, 0.05) is 16.3 Å². The highest BCUT2D eigenvalue weighted by atomic mass is 32.2. The zero-order chi connectivity index (χ0) is 19.8. The van der Waals surface area contributed by atoms with Gasteiger partial charge in [-0.05, 0) is 38.0 Å². The number of rotatable bonds is 7. The Labute approximate surface area is 164 Å². The maximum absolute atomic E-state index is 12.7. The number of carbonyl (C=O) groups excluding carboxylic acids is 1. The molecule has 0 aliphatic rings. The van der Waals surface area contributed by atoms with E-state index in [9.17, 15) is 18.0 Å². The molecule has 0 aliphatic carbocycles. The van der Waals surface area contributed by atoms with Gasteiger partial charge in [0.2, 0.25) is 10.0 Å². The Morgan fingerprint density at radius 2 is 2.00 bits per heavy atom. The topological polar surface area (TPSA) is 98.1 Å². The van der Waals surface area contributed by atoms with Crippen molar-refractivity contribution in [1.29, 1.82) is 0 Å². The number of aryl methyl sites for hydroxylation is 2. The molecule has 7 nitrogen and oxygen atoms in total. The van der Waals surface area contributed by atoms with Crippen molar-refractivity contribution in [2.45, 2.75) is 26.8 Å². The van der Waals surface area contributed by atoms with Crippen LogP contribution in [-0.2, 0) is 23.0 Å². The van der Waals surface area contributed by atoms with Gasteiger partial charge in [0.05, 0.1) is 29.4 Å². The van der Waals surface area contributed by atoms with E-state index in [1.54, 1.807) is 12.1 Å². The molecule has 0 fully saturated rings. The van der Waals surface area contributed by atoms with Gasteiger partial charge in [-0.2, -0.15) is 0 Å². The standard InChI is InChI=1S/C17H19N3O4S3/c1-10-11(2)25-16-15(10)17(22)20(9-18-16)8-13(21)14-5-4-12(26-14)6-7-19-27(3,23)24/h4-5,9,19H,6-8H2,1-3H3. The van der Waals surface area contributed by atoms with Gasteiger partial charge < -0.3 is 0 Å². The highest BCUT2D eigenvalue weighted by molar-refractivity contribution is 7.88. The molecular weight excluding hydrogens is 406 g/mol. The van der Waals surface area contributed by atoms with E-state index in [4.69, 9.17) is 0 Å². The summed E-state index contributed by atoms with van der Waals surface area (Å²) >= 11 is 2.78. The predicted octanol–water partition coefficient (Wildman–Crippen LogP) is 2.11. The molecule has 0 saturated carbocycles. The SMILES string of the molecule is Cc1sc2ncn(CC(=O)c3ccc(CCNS(C)(=O)=O)s3)c(=O)c2c1C. The fourth-order valence-corrected chi connectivity index (χ4v) is 5.03. The molecule has 10 heteroatoms. The van der Waals surface area contributed by atoms with Gasteiger partial charge in [-0.3, -0.25) is 14.2 Å². The van der Waals surface area contributed by atoms with E-state index < -0.39 is 10.0 Å². The molecular formula is C17H19N3O4S3. The Hall–Kier alpha value is -1.88. The van der Waals surface area contributed by atoms with E-state index in [1.807, 2.05) is 13.8 Å². The van der Waals surface area contributed by atoms with Gasteiger partial charge in [-0.1, -0.05) is 0 Å². The lowest BCUT2D eigenvalue weighted by Crippen LogP contribution is -2.24. The molecule has 0 atom stereocenters. The summed E-state index contributed by atoms with van der Waals surface area (Å²) in [5.74, 6) is -0.171.